The fraction of sp³-hybridized carbons (Fsp3) is 0.500. The molecule has 0 amide bonds. The summed E-state index contributed by atoms with van der Waals surface area (Å²) in [5.74, 6) is 0.802. The summed E-state index contributed by atoms with van der Waals surface area (Å²) in [4.78, 5) is 2.11. The average molecular weight is 400 g/mol. The quantitative estimate of drug-likeness (QED) is 0.658. The van der Waals surface area contributed by atoms with Crippen LogP contribution in [0.2, 0.25) is 0 Å². The van der Waals surface area contributed by atoms with Crippen LogP contribution in [0.5, 0.6) is 5.75 Å². The highest BCUT2D eigenvalue weighted by Gasteiger charge is 2.34. The van der Waals surface area contributed by atoms with E-state index in [0.717, 1.165) is 23.4 Å². The molecule has 2 aromatic rings. The summed E-state index contributed by atoms with van der Waals surface area (Å²) in [5, 5.41) is 11.3. The molecule has 0 aliphatic carbocycles. The van der Waals surface area contributed by atoms with Crippen molar-refractivity contribution in [3.63, 3.8) is 0 Å². The molecule has 1 aliphatic rings. The fourth-order valence-electron chi connectivity index (χ4n) is 3.72. The number of rotatable bonds is 10. The summed E-state index contributed by atoms with van der Waals surface area (Å²) in [7, 11) is 4.06. The van der Waals surface area contributed by atoms with E-state index in [1.165, 1.54) is 0 Å². The van der Waals surface area contributed by atoms with Crippen LogP contribution in [0.25, 0.3) is 0 Å². The van der Waals surface area contributed by atoms with Crippen molar-refractivity contribution in [2.75, 3.05) is 33.9 Å². The Morgan fingerprint density at radius 3 is 2.34 bits per heavy atom. The van der Waals surface area contributed by atoms with Crippen LogP contribution in [0.3, 0.4) is 0 Å². The van der Waals surface area contributed by atoms with Gasteiger partial charge < -0.3 is 24.2 Å². The fourth-order valence-corrected chi connectivity index (χ4v) is 3.72. The lowest BCUT2D eigenvalue weighted by molar-refractivity contribution is -0.0700. The monoisotopic (exact) mass is 399 g/mol. The van der Waals surface area contributed by atoms with E-state index in [2.05, 4.69) is 29.2 Å². The smallest absolute Gasteiger partial charge is 0.157 e. The van der Waals surface area contributed by atoms with Crippen molar-refractivity contribution in [3.8, 4) is 5.75 Å². The average Bonchev–Trinajstić information content (AvgIpc) is 3.24. The maximum Gasteiger partial charge on any atom is 0.157 e. The van der Waals surface area contributed by atoms with Gasteiger partial charge in [-0.05, 0) is 50.7 Å². The summed E-state index contributed by atoms with van der Waals surface area (Å²) in [6, 6.07) is 18.2. The van der Waals surface area contributed by atoms with Crippen molar-refractivity contribution < 1.29 is 19.3 Å². The van der Waals surface area contributed by atoms with Gasteiger partial charge in [0.2, 0.25) is 0 Å². The number of hydrogen-bond donors (Lipinski definition) is 1. The predicted molar refractivity (Wildman–Crippen MR) is 114 cm³/mol. The first-order valence-corrected chi connectivity index (χ1v) is 10.3. The Balaban J connectivity index is 1.65. The van der Waals surface area contributed by atoms with Crippen LogP contribution in [0.1, 0.15) is 36.8 Å². The molecular weight excluding hydrogens is 366 g/mol. The lowest BCUT2D eigenvalue weighted by atomic mass is 9.80. The molecule has 29 heavy (non-hydrogen) atoms. The first-order chi connectivity index (χ1) is 13.9. The van der Waals surface area contributed by atoms with E-state index in [9.17, 15) is 5.11 Å². The molecule has 0 spiro atoms. The molecule has 5 heteroatoms. The molecule has 0 aromatic heterocycles. The molecule has 3 rings (SSSR count). The molecule has 1 heterocycles. The van der Waals surface area contributed by atoms with E-state index >= 15 is 0 Å². The van der Waals surface area contributed by atoms with E-state index in [0.29, 0.717) is 32.7 Å². The van der Waals surface area contributed by atoms with Crippen molar-refractivity contribution in [3.05, 3.63) is 65.7 Å². The van der Waals surface area contributed by atoms with Gasteiger partial charge in [0.05, 0.1) is 18.8 Å². The lowest BCUT2D eigenvalue weighted by Crippen LogP contribution is -2.39. The van der Waals surface area contributed by atoms with Gasteiger partial charge in [-0.15, -0.1) is 0 Å². The van der Waals surface area contributed by atoms with Crippen LogP contribution in [-0.4, -0.2) is 55.8 Å². The van der Waals surface area contributed by atoms with E-state index in [1.807, 2.05) is 51.4 Å². The molecule has 1 saturated heterocycles. The third-order valence-corrected chi connectivity index (χ3v) is 5.41. The second kappa shape index (κ2) is 10.2. The van der Waals surface area contributed by atoms with Crippen LogP contribution >= 0.6 is 0 Å². The maximum atomic E-state index is 11.3. The first-order valence-electron chi connectivity index (χ1n) is 10.3. The summed E-state index contributed by atoms with van der Waals surface area (Å²) in [6.45, 7) is 4.48. The molecule has 2 atom stereocenters. The van der Waals surface area contributed by atoms with Gasteiger partial charge in [-0.3, -0.25) is 0 Å². The van der Waals surface area contributed by atoms with Crippen molar-refractivity contribution in [1.82, 2.24) is 4.90 Å². The lowest BCUT2D eigenvalue weighted by Gasteiger charge is -2.36. The zero-order chi connectivity index (χ0) is 20.7. The first kappa shape index (κ1) is 21.8. The third-order valence-electron chi connectivity index (χ3n) is 5.41. The second-order valence-corrected chi connectivity index (χ2v) is 8.23. The maximum absolute atomic E-state index is 11.3. The zero-order valence-corrected chi connectivity index (χ0v) is 17.7. The van der Waals surface area contributed by atoms with E-state index < -0.39 is 5.60 Å². The molecule has 2 unspecified atom stereocenters. The third kappa shape index (κ3) is 6.54. The van der Waals surface area contributed by atoms with Crippen LogP contribution in [0.4, 0.5) is 0 Å². The topological polar surface area (TPSA) is 51.2 Å². The molecule has 1 fully saturated rings. The Labute approximate surface area is 174 Å². The number of hydrogen-bond acceptors (Lipinski definition) is 5. The molecule has 158 valence electrons. The van der Waals surface area contributed by atoms with Crippen molar-refractivity contribution in [2.24, 2.45) is 0 Å². The highest BCUT2D eigenvalue weighted by Crippen LogP contribution is 2.34. The van der Waals surface area contributed by atoms with Crippen molar-refractivity contribution in [2.45, 2.75) is 44.2 Å². The zero-order valence-electron chi connectivity index (χ0n) is 17.7. The minimum Gasteiger partial charge on any atom is -0.489 e. The van der Waals surface area contributed by atoms with Gasteiger partial charge in [0, 0.05) is 18.9 Å². The van der Waals surface area contributed by atoms with Crippen molar-refractivity contribution >= 4 is 0 Å². The molecule has 0 radical (unpaired) electrons. The number of likely N-dealkylation sites (N-methyl/N-ethyl adjacent to an activating group) is 1. The predicted octanol–water partition coefficient (Wildman–Crippen LogP) is 3.81. The normalized spacial score (nSPS) is 18.0. The molecule has 0 saturated carbocycles. The molecule has 2 aromatic carbocycles. The highest BCUT2D eigenvalue weighted by molar-refractivity contribution is 5.31. The van der Waals surface area contributed by atoms with Gasteiger partial charge in [0.1, 0.15) is 12.4 Å². The molecular formula is C24H33NO4. The molecule has 1 aliphatic heterocycles. The van der Waals surface area contributed by atoms with E-state index in [4.69, 9.17) is 14.2 Å². The summed E-state index contributed by atoms with van der Waals surface area (Å²) < 4.78 is 17.0. The number of aliphatic hydroxyl groups is 1. The van der Waals surface area contributed by atoms with Gasteiger partial charge in [0.25, 0.3) is 0 Å². The van der Waals surface area contributed by atoms with Gasteiger partial charge in [-0.1, -0.05) is 42.5 Å². The standard InChI is InChI=1S/C24H33NO4/c1-24(26,14-13-23-27-15-16-28-23)22(17-25(2)3)20-9-11-21(12-10-20)29-18-19-7-5-4-6-8-19/h4-12,22-23,26H,13-18H2,1-3H3. The van der Waals surface area contributed by atoms with Gasteiger partial charge in [-0.2, -0.15) is 0 Å². The van der Waals surface area contributed by atoms with E-state index in [-0.39, 0.29) is 12.2 Å². The SMILES string of the molecule is CN(C)CC(c1ccc(OCc2ccccc2)cc1)C(C)(O)CCC1OCCO1. The Morgan fingerprint density at radius 1 is 1.07 bits per heavy atom. The Bertz CT molecular complexity index is 724. The molecule has 0 bridgehead atoms. The van der Waals surface area contributed by atoms with E-state index in [1.54, 1.807) is 0 Å². The Morgan fingerprint density at radius 2 is 1.72 bits per heavy atom. The minimum atomic E-state index is -0.869. The van der Waals surface area contributed by atoms with Crippen LogP contribution in [-0.2, 0) is 16.1 Å². The highest BCUT2D eigenvalue weighted by atomic mass is 16.7. The molecule has 1 N–H and O–H groups in total. The minimum absolute atomic E-state index is 0.0259. The number of ether oxygens (including phenoxy) is 3. The van der Waals surface area contributed by atoms with Gasteiger partial charge >= 0.3 is 0 Å². The summed E-state index contributed by atoms with van der Waals surface area (Å²) in [5.41, 5.74) is 1.37. The van der Waals surface area contributed by atoms with Crippen LogP contribution in [0, 0.1) is 0 Å². The Hall–Kier alpha value is -1.92. The van der Waals surface area contributed by atoms with Crippen LogP contribution < -0.4 is 4.74 Å². The van der Waals surface area contributed by atoms with Gasteiger partial charge in [0.15, 0.2) is 6.29 Å². The van der Waals surface area contributed by atoms with Crippen LogP contribution in [0.15, 0.2) is 54.6 Å². The number of benzene rings is 2. The molecule has 5 nitrogen and oxygen atoms in total. The largest absolute Gasteiger partial charge is 0.489 e. The summed E-state index contributed by atoms with van der Waals surface area (Å²) >= 11 is 0. The second-order valence-electron chi connectivity index (χ2n) is 8.23. The Kier molecular flexibility index (Phi) is 7.67. The van der Waals surface area contributed by atoms with Crippen molar-refractivity contribution in [1.29, 1.82) is 0 Å². The number of nitrogens with zero attached hydrogens (tertiary/aromatic N) is 1. The summed E-state index contributed by atoms with van der Waals surface area (Å²) in [6.07, 6.45) is 1.10. The van der Waals surface area contributed by atoms with Gasteiger partial charge in [-0.25, -0.2) is 0 Å².